The van der Waals surface area contributed by atoms with Crippen LogP contribution in [0.3, 0.4) is 0 Å². The standard InChI is InChI=1S/C20H20N2O/c1-14-9-15(2)11-19(10-14)21-13-20(23)22-18-8-7-16-5-3-4-6-17(16)12-18/h3-12,21H,13H2,1-2H3,(H,22,23). The summed E-state index contributed by atoms with van der Waals surface area (Å²) in [5, 5.41) is 8.39. The summed E-state index contributed by atoms with van der Waals surface area (Å²) >= 11 is 0. The van der Waals surface area contributed by atoms with E-state index in [0.29, 0.717) is 0 Å². The Morgan fingerprint density at radius 2 is 1.52 bits per heavy atom. The molecule has 0 aliphatic carbocycles. The lowest BCUT2D eigenvalue weighted by Crippen LogP contribution is -2.21. The van der Waals surface area contributed by atoms with Crippen LogP contribution in [-0.4, -0.2) is 12.5 Å². The molecule has 3 aromatic carbocycles. The Bertz CT molecular complexity index is 835. The molecule has 3 aromatic rings. The van der Waals surface area contributed by atoms with Gasteiger partial charge in [-0.15, -0.1) is 0 Å². The van der Waals surface area contributed by atoms with Gasteiger partial charge in [-0.3, -0.25) is 4.79 Å². The Morgan fingerprint density at radius 1 is 0.826 bits per heavy atom. The van der Waals surface area contributed by atoms with Crippen LogP contribution < -0.4 is 10.6 Å². The van der Waals surface area contributed by atoms with E-state index in [1.54, 1.807) is 0 Å². The number of anilines is 2. The topological polar surface area (TPSA) is 41.1 Å². The Morgan fingerprint density at radius 3 is 2.26 bits per heavy atom. The van der Waals surface area contributed by atoms with Gasteiger partial charge in [-0.05, 0) is 60.0 Å². The first-order chi connectivity index (χ1) is 11.1. The van der Waals surface area contributed by atoms with E-state index in [4.69, 9.17) is 0 Å². The summed E-state index contributed by atoms with van der Waals surface area (Å²) in [5.74, 6) is -0.0561. The zero-order chi connectivity index (χ0) is 16.2. The smallest absolute Gasteiger partial charge is 0.243 e. The van der Waals surface area contributed by atoms with Crippen LogP contribution >= 0.6 is 0 Å². The average molecular weight is 304 g/mol. The molecule has 2 N–H and O–H groups in total. The summed E-state index contributed by atoms with van der Waals surface area (Å²) in [5.41, 5.74) is 4.15. The largest absolute Gasteiger partial charge is 0.376 e. The number of rotatable bonds is 4. The van der Waals surface area contributed by atoms with E-state index in [1.165, 1.54) is 16.5 Å². The van der Waals surface area contributed by atoms with Crippen LogP contribution in [0.4, 0.5) is 11.4 Å². The van der Waals surface area contributed by atoms with Gasteiger partial charge in [0.05, 0.1) is 6.54 Å². The second-order valence-electron chi connectivity index (χ2n) is 5.84. The van der Waals surface area contributed by atoms with Gasteiger partial charge in [0.1, 0.15) is 0 Å². The van der Waals surface area contributed by atoms with Crippen molar-refractivity contribution >= 4 is 28.1 Å². The van der Waals surface area contributed by atoms with E-state index in [1.807, 2.05) is 62.4 Å². The molecule has 0 atom stereocenters. The lowest BCUT2D eigenvalue weighted by molar-refractivity contribution is -0.114. The monoisotopic (exact) mass is 304 g/mol. The zero-order valence-corrected chi connectivity index (χ0v) is 13.4. The van der Waals surface area contributed by atoms with Gasteiger partial charge in [-0.1, -0.05) is 36.4 Å². The molecule has 23 heavy (non-hydrogen) atoms. The fourth-order valence-corrected chi connectivity index (χ4v) is 2.73. The van der Waals surface area contributed by atoms with E-state index in [0.717, 1.165) is 16.8 Å². The molecule has 0 aromatic heterocycles. The van der Waals surface area contributed by atoms with Gasteiger partial charge in [0.2, 0.25) is 5.91 Å². The summed E-state index contributed by atoms with van der Waals surface area (Å²) < 4.78 is 0. The van der Waals surface area contributed by atoms with Crippen molar-refractivity contribution < 1.29 is 4.79 Å². The van der Waals surface area contributed by atoms with Crippen LogP contribution in [0.25, 0.3) is 10.8 Å². The maximum Gasteiger partial charge on any atom is 0.243 e. The molecule has 0 saturated heterocycles. The highest BCUT2D eigenvalue weighted by Crippen LogP contribution is 2.19. The molecular formula is C20H20N2O. The fraction of sp³-hybridized carbons (Fsp3) is 0.150. The molecule has 3 nitrogen and oxygen atoms in total. The minimum Gasteiger partial charge on any atom is -0.376 e. The first-order valence-electron chi connectivity index (χ1n) is 7.71. The van der Waals surface area contributed by atoms with Crippen molar-refractivity contribution in [3.05, 3.63) is 71.8 Å². The number of hydrogen-bond acceptors (Lipinski definition) is 2. The van der Waals surface area contributed by atoms with Gasteiger partial charge in [0, 0.05) is 11.4 Å². The maximum absolute atomic E-state index is 12.1. The predicted molar refractivity (Wildman–Crippen MR) is 97.0 cm³/mol. The number of nitrogens with one attached hydrogen (secondary N) is 2. The van der Waals surface area contributed by atoms with Crippen LogP contribution in [0, 0.1) is 13.8 Å². The Labute approximate surface area is 136 Å². The molecular weight excluding hydrogens is 284 g/mol. The average Bonchev–Trinajstić information content (AvgIpc) is 2.52. The van der Waals surface area contributed by atoms with Gasteiger partial charge < -0.3 is 10.6 Å². The van der Waals surface area contributed by atoms with Crippen molar-refractivity contribution in [3.8, 4) is 0 Å². The Kier molecular flexibility index (Phi) is 4.29. The molecule has 0 radical (unpaired) electrons. The fourth-order valence-electron chi connectivity index (χ4n) is 2.73. The van der Waals surface area contributed by atoms with Crippen LogP contribution in [0.2, 0.25) is 0 Å². The second-order valence-corrected chi connectivity index (χ2v) is 5.84. The zero-order valence-electron chi connectivity index (χ0n) is 13.4. The number of amides is 1. The normalized spacial score (nSPS) is 10.5. The number of fused-ring (bicyclic) bond motifs is 1. The number of aryl methyl sites for hydroxylation is 2. The van der Waals surface area contributed by atoms with E-state index in [-0.39, 0.29) is 12.5 Å². The van der Waals surface area contributed by atoms with Crippen LogP contribution in [0.5, 0.6) is 0 Å². The van der Waals surface area contributed by atoms with Gasteiger partial charge >= 0.3 is 0 Å². The highest BCUT2D eigenvalue weighted by molar-refractivity contribution is 5.96. The molecule has 0 aliphatic rings. The predicted octanol–water partition coefficient (Wildman–Crippen LogP) is 4.51. The minimum absolute atomic E-state index is 0.0561. The molecule has 0 unspecified atom stereocenters. The molecule has 1 amide bonds. The summed E-state index contributed by atoms with van der Waals surface area (Å²) in [6.45, 7) is 4.34. The first kappa shape index (κ1) is 15.1. The van der Waals surface area contributed by atoms with Gasteiger partial charge in [-0.25, -0.2) is 0 Å². The number of hydrogen-bond donors (Lipinski definition) is 2. The van der Waals surface area contributed by atoms with Crippen molar-refractivity contribution in [1.82, 2.24) is 0 Å². The highest BCUT2D eigenvalue weighted by Gasteiger charge is 2.04. The second kappa shape index (κ2) is 6.53. The number of benzene rings is 3. The summed E-state index contributed by atoms with van der Waals surface area (Å²) in [4.78, 5) is 12.1. The first-order valence-corrected chi connectivity index (χ1v) is 7.71. The van der Waals surface area contributed by atoms with E-state index in [9.17, 15) is 4.79 Å². The molecule has 0 fully saturated rings. The van der Waals surface area contributed by atoms with Crippen molar-refractivity contribution in [2.75, 3.05) is 17.2 Å². The SMILES string of the molecule is Cc1cc(C)cc(NCC(=O)Nc2ccc3ccccc3c2)c1. The quantitative estimate of drug-likeness (QED) is 0.744. The van der Waals surface area contributed by atoms with E-state index < -0.39 is 0 Å². The third kappa shape index (κ3) is 3.89. The van der Waals surface area contributed by atoms with Crippen LogP contribution in [-0.2, 0) is 4.79 Å². The third-order valence-corrected chi connectivity index (χ3v) is 3.71. The maximum atomic E-state index is 12.1. The van der Waals surface area contributed by atoms with Gasteiger partial charge in [0.15, 0.2) is 0 Å². The number of carbonyl (C=O) groups is 1. The van der Waals surface area contributed by atoms with Crippen molar-refractivity contribution in [2.24, 2.45) is 0 Å². The van der Waals surface area contributed by atoms with E-state index in [2.05, 4.69) is 22.8 Å². The lowest BCUT2D eigenvalue weighted by atomic mass is 10.1. The summed E-state index contributed by atoms with van der Waals surface area (Å²) in [6, 6.07) is 20.2. The highest BCUT2D eigenvalue weighted by atomic mass is 16.1. The van der Waals surface area contributed by atoms with Crippen molar-refractivity contribution in [1.29, 1.82) is 0 Å². The minimum atomic E-state index is -0.0561. The third-order valence-electron chi connectivity index (χ3n) is 3.71. The molecule has 116 valence electrons. The molecule has 3 heteroatoms. The molecule has 0 aliphatic heterocycles. The van der Waals surface area contributed by atoms with Gasteiger partial charge in [0.25, 0.3) is 0 Å². The molecule has 0 heterocycles. The van der Waals surface area contributed by atoms with Crippen LogP contribution in [0.1, 0.15) is 11.1 Å². The molecule has 3 rings (SSSR count). The lowest BCUT2D eigenvalue weighted by Gasteiger charge is -2.10. The summed E-state index contributed by atoms with van der Waals surface area (Å²) in [7, 11) is 0. The van der Waals surface area contributed by atoms with Crippen molar-refractivity contribution in [2.45, 2.75) is 13.8 Å². The van der Waals surface area contributed by atoms with Crippen LogP contribution in [0.15, 0.2) is 60.7 Å². The van der Waals surface area contributed by atoms with Gasteiger partial charge in [-0.2, -0.15) is 0 Å². The summed E-state index contributed by atoms with van der Waals surface area (Å²) in [6.07, 6.45) is 0. The van der Waals surface area contributed by atoms with E-state index >= 15 is 0 Å². The molecule has 0 bridgehead atoms. The molecule has 0 saturated carbocycles. The Balaban J connectivity index is 1.64. The molecule has 0 spiro atoms. The number of carbonyl (C=O) groups excluding carboxylic acids is 1. The Hall–Kier alpha value is -2.81. The van der Waals surface area contributed by atoms with Crippen molar-refractivity contribution in [3.63, 3.8) is 0 Å².